The van der Waals surface area contributed by atoms with Crippen LogP contribution >= 0.6 is 23.2 Å². The number of carbonyl (C=O) groups is 2. The highest BCUT2D eigenvalue weighted by Crippen LogP contribution is 2.26. The van der Waals surface area contributed by atoms with E-state index in [4.69, 9.17) is 32.7 Å². The Balaban J connectivity index is 1.55. The summed E-state index contributed by atoms with van der Waals surface area (Å²) >= 11 is 12.0. The fourth-order valence-electron chi connectivity index (χ4n) is 3.62. The van der Waals surface area contributed by atoms with Crippen LogP contribution in [0.15, 0.2) is 36.4 Å². The van der Waals surface area contributed by atoms with Crippen LogP contribution in [0.2, 0.25) is 10.0 Å². The Labute approximate surface area is 185 Å². The van der Waals surface area contributed by atoms with E-state index < -0.39 is 0 Å². The first-order valence-electron chi connectivity index (χ1n) is 9.70. The van der Waals surface area contributed by atoms with Crippen molar-refractivity contribution in [2.45, 2.75) is 37.8 Å². The van der Waals surface area contributed by atoms with Gasteiger partial charge in [0.05, 0.1) is 25.3 Å². The molecule has 3 rings (SSSR count). The van der Waals surface area contributed by atoms with E-state index in [9.17, 15) is 9.59 Å². The number of hydrogen-bond donors (Lipinski definition) is 2. The molecule has 0 heterocycles. The fraction of sp³-hybridized carbons (Fsp3) is 0.364. The molecule has 0 radical (unpaired) electrons. The van der Waals surface area contributed by atoms with Gasteiger partial charge in [0.1, 0.15) is 11.5 Å². The largest absolute Gasteiger partial charge is 0.496 e. The van der Waals surface area contributed by atoms with Gasteiger partial charge in [0.15, 0.2) is 0 Å². The van der Waals surface area contributed by atoms with Crippen LogP contribution < -0.4 is 20.1 Å². The number of carbonyl (C=O) groups excluding carboxylic acids is 2. The van der Waals surface area contributed by atoms with Crippen molar-refractivity contribution in [2.75, 3.05) is 14.2 Å². The van der Waals surface area contributed by atoms with Gasteiger partial charge < -0.3 is 20.1 Å². The minimum Gasteiger partial charge on any atom is -0.496 e. The molecule has 1 saturated carbocycles. The zero-order valence-electron chi connectivity index (χ0n) is 16.8. The summed E-state index contributed by atoms with van der Waals surface area (Å²) in [6.45, 7) is 0. The van der Waals surface area contributed by atoms with Gasteiger partial charge in [0, 0.05) is 22.1 Å². The van der Waals surface area contributed by atoms with Gasteiger partial charge in [0.2, 0.25) is 0 Å². The van der Waals surface area contributed by atoms with E-state index in [1.807, 2.05) is 0 Å². The molecule has 1 aliphatic rings. The zero-order chi connectivity index (χ0) is 21.7. The average Bonchev–Trinajstić information content (AvgIpc) is 2.75. The van der Waals surface area contributed by atoms with Crippen molar-refractivity contribution in [3.05, 3.63) is 57.6 Å². The molecule has 30 heavy (non-hydrogen) atoms. The van der Waals surface area contributed by atoms with Gasteiger partial charge in [-0.2, -0.15) is 0 Å². The van der Waals surface area contributed by atoms with Crippen molar-refractivity contribution in [3.8, 4) is 11.5 Å². The molecular weight excluding hydrogens is 427 g/mol. The number of hydrogen-bond acceptors (Lipinski definition) is 4. The molecule has 1 aliphatic carbocycles. The molecule has 2 aromatic rings. The van der Waals surface area contributed by atoms with Crippen LogP contribution in [0.25, 0.3) is 0 Å². The summed E-state index contributed by atoms with van der Waals surface area (Å²) in [4.78, 5) is 25.3. The summed E-state index contributed by atoms with van der Waals surface area (Å²) in [5.41, 5.74) is 0.821. The molecule has 0 bridgehead atoms. The van der Waals surface area contributed by atoms with E-state index >= 15 is 0 Å². The Morgan fingerprint density at radius 3 is 1.47 bits per heavy atom. The van der Waals surface area contributed by atoms with E-state index in [1.165, 1.54) is 14.2 Å². The van der Waals surface area contributed by atoms with E-state index in [0.717, 1.165) is 25.7 Å². The summed E-state index contributed by atoms with van der Waals surface area (Å²) in [7, 11) is 3.03. The molecule has 0 unspecified atom stereocenters. The summed E-state index contributed by atoms with van der Waals surface area (Å²) in [6.07, 6.45) is 3.02. The normalized spacial score (nSPS) is 18.4. The molecule has 0 aliphatic heterocycles. The summed E-state index contributed by atoms with van der Waals surface area (Å²) in [5.74, 6) is 0.526. The van der Waals surface area contributed by atoms with Crippen molar-refractivity contribution in [2.24, 2.45) is 0 Å². The lowest BCUT2D eigenvalue weighted by Gasteiger charge is -2.30. The highest BCUT2D eigenvalue weighted by Gasteiger charge is 2.26. The van der Waals surface area contributed by atoms with Crippen LogP contribution in [-0.2, 0) is 0 Å². The molecule has 1 fully saturated rings. The van der Waals surface area contributed by atoms with Gasteiger partial charge in [-0.05, 0) is 62.1 Å². The quantitative estimate of drug-likeness (QED) is 0.679. The van der Waals surface area contributed by atoms with Crippen molar-refractivity contribution >= 4 is 35.0 Å². The molecule has 0 aromatic heterocycles. The van der Waals surface area contributed by atoms with Crippen LogP contribution in [0.3, 0.4) is 0 Å². The molecule has 0 saturated heterocycles. The topological polar surface area (TPSA) is 76.7 Å². The standard InChI is InChI=1S/C22H24Cl2N2O4/c1-29-19-9-3-13(23)11-17(19)21(27)25-15-5-7-16(8-6-15)26-22(28)18-12-14(24)4-10-20(18)30-2/h3-4,9-12,15-16H,5-8H2,1-2H3,(H,25,27)(H,26,28). The SMILES string of the molecule is COc1ccc(Cl)cc1C(=O)NC1CCC(NC(=O)c2cc(Cl)ccc2OC)CC1. The molecule has 160 valence electrons. The van der Waals surface area contributed by atoms with Crippen LogP contribution in [-0.4, -0.2) is 38.1 Å². The fourth-order valence-corrected chi connectivity index (χ4v) is 3.97. The van der Waals surface area contributed by atoms with Crippen LogP contribution in [0, 0.1) is 0 Å². The van der Waals surface area contributed by atoms with E-state index in [0.29, 0.717) is 32.7 Å². The van der Waals surface area contributed by atoms with E-state index in [1.54, 1.807) is 36.4 Å². The van der Waals surface area contributed by atoms with Gasteiger partial charge in [0.25, 0.3) is 11.8 Å². The molecule has 2 N–H and O–H groups in total. The molecule has 8 heteroatoms. The van der Waals surface area contributed by atoms with E-state index in [-0.39, 0.29) is 23.9 Å². The second kappa shape index (κ2) is 10.0. The van der Waals surface area contributed by atoms with Gasteiger partial charge in [-0.1, -0.05) is 23.2 Å². The number of methoxy groups -OCH3 is 2. The lowest BCUT2D eigenvalue weighted by molar-refractivity contribution is 0.0888. The highest BCUT2D eigenvalue weighted by atomic mass is 35.5. The Bertz CT molecular complexity index is 852. The third-order valence-corrected chi connectivity index (χ3v) is 5.68. The second-order valence-corrected chi connectivity index (χ2v) is 8.06. The van der Waals surface area contributed by atoms with Gasteiger partial charge >= 0.3 is 0 Å². The monoisotopic (exact) mass is 450 g/mol. The first-order valence-corrected chi connectivity index (χ1v) is 10.5. The van der Waals surface area contributed by atoms with Crippen molar-refractivity contribution in [1.82, 2.24) is 10.6 Å². The van der Waals surface area contributed by atoms with Gasteiger partial charge in [-0.25, -0.2) is 0 Å². The summed E-state index contributed by atoms with van der Waals surface area (Å²) in [6, 6.07) is 9.95. The Hall–Kier alpha value is -2.44. The molecule has 2 amide bonds. The number of ether oxygens (including phenoxy) is 2. The Morgan fingerprint density at radius 2 is 1.13 bits per heavy atom. The third-order valence-electron chi connectivity index (χ3n) is 5.21. The lowest BCUT2D eigenvalue weighted by Crippen LogP contribution is -2.43. The first kappa shape index (κ1) is 22.2. The maximum Gasteiger partial charge on any atom is 0.255 e. The van der Waals surface area contributed by atoms with Crippen LogP contribution in [0.1, 0.15) is 46.4 Å². The predicted octanol–water partition coefficient (Wildman–Crippen LogP) is 4.48. The van der Waals surface area contributed by atoms with Crippen molar-refractivity contribution in [3.63, 3.8) is 0 Å². The summed E-state index contributed by atoms with van der Waals surface area (Å²) < 4.78 is 10.5. The molecule has 2 aromatic carbocycles. The number of rotatable bonds is 6. The molecule has 0 spiro atoms. The number of nitrogens with one attached hydrogen (secondary N) is 2. The minimum atomic E-state index is -0.217. The maximum absolute atomic E-state index is 12.6. The number of amides is 2. The van der Waals surface area contributed by atoms with Crippen LogP contribution in [0.4, 0.5) is 0 Å². The van der Waals surface area contributed by atoms with Gasteiger partial charge in [-0.15, -0.1) is 0 Å². The second-order valence-electron chi connectivity index (χ2n) is 7.18. The van der Waals surface area contributed by atoms with Crippen molar-refractivity contribution < 1.29 is 19.1 Å². The molecule has 0 atom stereocenters. The highest BCUT2D eigenvalue weighted by molar-refractivity contribution is 6.31. The number of benzene rings is 2. The zero-order valence-corrected chi connectivity index (χ0v) is 18.3. The minimum absolute atomic E-state index is 0.0232. The molecule has 6 nitrogen and oxygen atoms in total. The summed E-state index contributed by atoms with van der Waals surface area (Å²) in [5, 5.41) is 7.03. The lowest BCUT2D eigenvalue weighted by atomic mass is 9.90. The first-order chi connectivity index (χ1) is 14.4. The average molecular weight is 451 g/mol. The predicted molar refractivity (Wildman–Crippen MR) is 117 cm³/mol. The Kier molecular flexibility index (Phi) is 7.45. The smallest absolute Gasteiger partial charge is 0.255 e. The van der Waals surface area contributed by atoms with Crippen molar-refractivity contribution in [1.29, 1.82) is 0 Å². The third kappa shape index (κ3) is 5.37. The maximum atomic E-state index is 12.6. The van der Waals surface area contributed by atoms with E-state index in [2.05, 4.69) is 10.6 Å². The molecular formula is C22H24Cl2N2O4. The van der Waals surface area contributed by atoms with Crippen LogP contribution in [0.5, 0.6) is 11.5 Å². The Morgan fingerprint density at radius 1 is 0.767 bits per heavy atom. The van der Waals surface area contributed by atoms with Gasteiger partial charge in [-0.3, -0.25) is 9.59 Å². The number of halogens is 2.